The predicted octanol–water partition coefficient (Wildman–Crippen LogP) is 2.81. The highest BCUT2D eigenvalue weighted by atomic mass is 16.2. The Morgan fingerprint density at radius 1 is 1.44 bits per heavy atom. The molecule has 98 valence electrons. The van der Waals surface area contributed by atoms with Gasteiger partial charge in [0, 0.05) is 5.69 Å². The van der Waals surface area contributed by atoms with Crippen LogP contribution in [0.1, 0.15) is 43.7 Å². The average molecular weight is 246 g/mol. The molecule has 2 rings (SSSR count). The molecule has 0 radical (unpaired) electrons. The lowest BCUT2D eigenvalue weighted by atomic mass is 9.98. The third-order valence-electron chi connectivity index (χ3n) is 3.55. The lowest BCUT2D eigenvalue weighted by molar-refractivity contribution is -0.117. The van der Waals surface area contributed by atoms with Crippen LogP contribution in [0, 0.1) is 6.92 Å². The summed E-state index contributed by atoms with van der Waals surface area (Å²) in [6.07, 6.45) is 2.03. The lowest BCUT2D eigenvalue weighted by Crippen LogP contribution is -2.36. The van der Waals surface area contributed by atoms with Crippen LogP contribution in [0.5, 0.6) is 0 Å². The monoisotopic (exact) mass is 246 g/mol. The highest BCUT2D eigenvalue weighted by Gasteiger charge is 2.23. The molecule has 3 nitrogen and oxygen atoms in total. The van der Waals surface area contributed by atoms with Gasteiger partial charge in [0.2, 0.25) is 5.91 Å². The van der Waals surface area contributed by atoms with Crippen molar-refractivity contribution in [2.45, 2.75) is 45.6 Å². The van der Waals surface area contributed by atoms with Gasteiger partial charge in [-0.15, -0.1) is 0 Å². The Bertz CT molecular complexity index is 434. The fourth-order valence-corrected chi connectivity index (χ4v) is 2.46. The van der Waals surface area contributed by atoms with Gasteiger partial charge in [0.1, 0.15) is 0 Å². The molecule has 1 aromatic rings. The normalized spacial score (nSPS) is 19.2. The van der Waals surface area contributed by atoms with E-state index in [9.17, 15) is 4.79 Å². The quantitative estimate of drug-likeness (QED) is 0.861. The second-order valence-electron chi connectivity index (χ2n) is 5.33. The van der Waals surface area contributed by atoms with Crippen molar-refractivity contribution >= 4 is 11.6 Å². The number of hydrogen-bond acceptors (Lipinski definition) is 2. The first-order valence-electron chi connectivity index (χ1n) is 6.73. The van der Waals surface area contributed by atoms with Gasteiger partial charge in [0.15, 0.2) is 0 Å². The Morgan fingerprint density at radius 2 is 2.22 bits per heavy atom. The third kappa shape index (κ3) is 2.72. The van der Waals surface area contributed by atoms with Crippen molar-refractivity contribution in [2.75, 3.05) is 11.9 Å². The second kappa shape index (κ2) is 5.53. The molecule has 2 N–H and O–H groups in total. The zero-order valence-corrected chi connectivity index (χ0v) is 11.4. The van der Waals surface area contributed by atoms with E-state index in [0.29, 0.717) is 5.92 Å². The van der Waals surface area contributed by atoms with Gasteiger partial charge < -0.3 is 10.6 Å². The van der Waals surface area contributed by atoms with Crippen molar-refractivity contribution in [3.8, 4) is 0 Å². The molecule has 18 heavy (non-hydrogen) atoms. The van der Waals surface area contributed by atoms with Gasteiger partial charge >= 0.3 is 0 Å². The predicted molar refractivity (Wildman–Crippen MR) is 74.9 cm³/mol. The first-order chi connectivity index (χ1) is 8.59. The second-order valence-corrected chi connectivity index (χ2v) is 5.33. The Kier molecular flexibility index (Phi) is 4.02. The molecule has 1 fully saturated rings. The van der Waals surface area contributed by atoms with Gasteiger partial charge in [-0.25, -0.2) is 0 Å². The smallest absolute Gasteiger partial charge is 0.241 e. The molecule has 3 heteroatoms. The minimum Gasteiger partial charge on any atom is -0.324 e. The molecule has 1 aliphatic heterocycles. The van der Waals surface area contributed by atoms with E-state index in [1.807, 2.05) is 19.1 Å². The zero-order chi connectivity index (χ0) is 13.1. The first kappa shape index (κ1) is 13.1. The van der Waals surface area contributed by atoms with Gasteiger partial charge in [0.25, 0.3) is 0 Å². The molecule has 0 saturated carbocycles. The number of carbonyl (C=O) groups is 1. The summed E-state index contributed by atoms with van der Waals surface area (Å²) in [6, 6.07) is 6.16. The molecule has 1 saturated heterocycles. The molecule has 0 spiro atoms. The van der Waals surface area contributed by atoms with Crippen LogP contribution < -0.4 is 10.6 Å². The summed E-state index contributed by atoms with van der Waals surface area (Å²) in [7, 11) is 0. The molecular weight excluding hydrogens is 224 g/mol. The Hall–Kier alpha value is -1.35. The van der Waals surface area contributed by atoms with E-state index in [4.69, 9.17) is 0 Å². The summed E-state index contributed by atoms with van der Waals surface area (Å²) in [4.78, 5) is 12.2. The Labute approximate surface area is 109 Å². The number of nitrogens with one attached hydrogen (secondary N) is 2. The van der Waals surface area contributed by atoms with E-state index < -0.39 is 0 Å². The minimum atomic E-state index is -0.0235. The van der Waals surface area contributed by atoms with Crippen molar-refractivity contribution in [1.29, 1.82) is 0 Å². The molecule has 1 heterocycles. The van der Waals surface area contributed by atoms with E-state index in [0.717, 1.165) is 30.6 Å². The number of hydrogen-bond donors (Lipinski definition) is 2. The molecule has 0 bridgehead atoms. The van der Waals surface area contributed by atoms with Crippen LogP contribution in [-0.4, -0.2) is 18.5 Å². The zero-order valence-electron chi connectivity index (χ0n) is 11.4. The van der Waals surface area contributed by atoms with Gasteiger partial charge in [-0.3, -0.25) is 4.79 Å². The highest BCUT2D eigenvalue weighted by molar-refractivity contribution is 5.96. The van der Waals surface area contributed by atoms with Crippen molar-refractivity contribution in [3.63, 3.8) is 0 Å². The SMILES string of the molecule is Cc1cccc(C(C)C)c1NC(=O)[C@H]1CCCN1. The van der Waals surface area contributed by atoms with Crippen LogP contribution in [0.2, 0.25) is 0 Å². The standard InChI is InChI=1S/C15H22N2O/c1-10(2)12-7-4-6-11(3)14(12)17-15(18)13-8-5-9-16-13/h4,6-7,10,13,16H,5,8-9H2,1-3H3,(H,17,18)/t13-/m1/s1. The molecule has 1 amide bonds. The number of rotatable bonds is 3. The lowest BCUT2D eigenvalue weighted by Gasteiger charge is -2.18. The summed E-state index contributed by atoms with van der Waals surface area (Å²) < 4.78 is 0. The molecule has 1 aliphatic rings. The number of anilines is 1. The maximum atomic E-state index is 12.2. The number of para-hydroxylation sites is 1. The van der Waals surface area contributed by atoms with Crippen LogP contribution in [0.15, 0.2) is 18.2 Å². The fraction of sp³-hybridized carbons (Fsp3) is 0.533. The third-order valence-corrected chi connectivity index (χ3v) is 3.55. The van der Waals surface area contributed by atoms with Crippen LogP contribution in [-0.2, 0) is 4.79 Å². The summed E-state index contributed by atoms with van der Waals surface area (Å²) in [6.45, 7) is 7.29. The van der Waals surface area contributed by atoms with Crippen molar-refractivity contribution in [3.05, 3.63) is 29.3 Å². The first-order valence-corrected chi connectivity index (χ1v) is 6.73. The average Bonchev–Trinajstić information content (AvgIpc) is 2.85. The van der Waals surface area contributed by atoms with E-state index >= 15 is 0 Å². The van der Waals surface area contributed by atoms with Gasteiger partial charge in [0.05, 0.1) is 6.04 Å². The highest BCUT2D eigenvalue weighted by Crippen LogP contribution is 2.27. The molecular formula is C15H22N2O. The number of amides is 1. The molecule has 1 atom stereocenters. The van der Waals surface area contributed by atoms with Gasteiger partial charge in [-0.2, -0.15) is 0 Å². The van der Waals surface area contributed by atoms with E-state index in [-0.39, 0.29) is 11.9 Å². The van der Waals surface area contributed by atoms with Crippen LogP contribution in [0.3, 0.4) is 0 Å². The van der Waals surface area contributed by atoms with Crippen molar-refractivity contribution in [1.82, 2.24) is 5.32 Å². The number of benzene rings is 1. The topological polar surface area (TPSA) is 41.1 Å². The summed E-state index contributed by atoms with van der Waals surface area (Å²) in [5.74, 6) is 0.514. The maximum Gasteiger partial charge on any atom is 0.241 e. The van der Waals surface area contributed by atoms with E-state index in [1.165, 1.54) is 5.56 Å². The number of aryl methyl sites for hydroxylation is 1. The maximum absolute atomic E-state index is 12.2. The minimum absolute atomic E-state index is 0.0235. The number of carbonyl (C=O) groups excluding carboxylic acids is 1. The van der Waals surface area contributed by atoms with Gasteiger partial charge in [-0.05, 0) is 43.4 Å². The van der Waals surface area contributed by atoms with Crippen LogP contribution >= 0.6 is 0 Å². The Morgan fingerprint density at radius 3 is 2.83 bits per heavy atom. The molecule has 0 aromatic heterocycles. The van der Waals surface area contributed by atoms with E-state index in [2.05, 4.69) is 30.5 Å². The summed E-state index contributed by atoms with van der Waals surface area (Å²) in [5, 5.41) is 6.33. The van der Waals surface area contributed by atoms with Crippen LogP contribution in [0.25, 0.3) is 0 Å². The Balaban J connectivity index is 2.19. The van der Waals surface area contributed by atoms with Crippen molar-refractivity contribution < 1.29 is 4.79 Å². The van der Waals surface area contributed by atoms with E-state index in [1.54, 1.807) is 0 Å². The molecule has 1 aromatic carbocycles. The fourth-order valence-electron chi connectivity index (χ4n) is 2.46. The van der Waals surface area contributed by atoms with Crippen LogP contribution in [0.4, 0.5) is 5.69 Å². The van der Waals surface area contributed by atoms with Crippen molar-refractivity contribution in [2.24, 2.45) is 0 Å². The summed E-state index contributed by atoms with van der Waals surface area (Å²) in [5.41, 5.74) is 3.33. The molecule has 0 unspecified atom stereocenters. The summed E-state index contributed by atoms with van der Waals surface area (Å²) >= 11 is 0. The largest absolute Gasteiger partial charge is 0.324 e. The van der Waals surface area contributed by atoms with Gasteiger partial charge in [-0.1, -0.05) is 32.0 Å². The molecule has 0 aliphatic carbocycles.